The highest BCUT2D eigenvalue weighted by Gasteiger charge is 2.20. The highest BCUT2D eigenvalue weighted by Crippen LogP contribution is 2.32. The number of nitrogens with zero attached hydrogens (tertiary/aromatic N) is 3. The van der Waals surface area contributed by atoms with Crippen LogP contribution in [0, 0.1) is 5.82 Å². The predicted octanol–water partition coefficient (Wildman–Crippen LogP) is 5.09. The van der Waals surface area contributed by atoms with Gasteiger partial charge in [0.25, 0.3) is 5.56 Å². The Labute approximate surface area is 179 Å². The standard InChI is InChI=1S/C25H22FN3O2/c1-25(2,3)19-12-8-9-16(22(19)30)15-27-29-23(17-10-4-6-13-20(17)26)28-21-14-7-5-11-18(21)24(29)31/h4-15,30H,1-3H3. The summed E-state index contributed by atoms with van der Waals surface area (Å²) in [5.74, 6) is -0.330. The molecular weight excluding hydrogens is 393 g/mol. The Hall–Kier alpha value is -3.80. The Bertz CT molecular complexity index is 1370. The number of aromatic nitrogens is 2. The van der Waals surface area contributed by atoms with Crippen LogP contribution in [0.1, 0.15) is 31.9 Å². The summed E-state index contributed by atoms with van der Waals surface area (Å²) in [5.41, 5.74) is 1.13. The molecule has 0 bridgehead atoms. The van der Waals surface area contributed by atoms with Crippen molar-refractivity contribution in [1.82, 2.24) is 9.66 Å². The van der Waals surface area contributed by atoms with Gasteiger partial charge in [0, 0.05) is 5.56 Å². The molecule has 31 heavy (non-hydrogen) atoms. The molecule has 1 aromatic heterocycles. The van der Waals surface area contributed by atoms with E-state index in [9.17, 15) is 14.3 Å². The van der Waals surface area contributed by atoms with Crippen molar-refractivity contribution in [2.45, 2.75) is 26.2 Å². The summed E-state index contributed by atoms with van der Waals surface area (Å²) >= 11 is 0. The van der Waals surface area contributed by atoms with Gasteiger partial charge in [-0.15, -0.1) is 0 Å². The Morgan fingerprint density at radius 1 is 1.00 bits per heavy atom. The Morgan fingerprint density at radius 2 is 1.71 bits per heavy atom. The Kier molecular flexibility index (Phi) is 5.15. The van der Waals surface area contributed by atoms with E-state index < -0.39 is 11.4 Å². The zero-order chi connectivity index (χ0) is 22.2. The summed E-state index contributed by atoms with van der Waals surface area (Å²) in [6, 6.07) is 18.3. The number of phenolic OH excluding ortho intramolecular Hbond substituents is 1. The molecule has 5 nitrogen and oxygen atoms in total. The first kappa shape index (κ1) is 20.5. The van der Waals surface area contributed by atoms with Crippen LogP contribution in [0.2, 0.25) is 0 Å². The third-order valence-electron chi connectivity index (χ3n) is 5.06. The highest BCUT2D eigenvalue weighted by atomic mass is 19.1. The molecule has 3 aromatic carbocycles. The van der Waals surface area contributed by atoms with Crippen LogP contribution in [0.3, 0.4) is 0 Å². The van der Waals surface area contributed by atoms with Crippen molar-refractivity contribution in [1.29, 1.82) is 0 Å². The molecule has 0 spiro atoms. The molecular formula is C25H22FN3O2. The van der Waals surface area contributed by atoms with E-state index in [1.165, 1.54) is 12.3 Å². The molecule has 6 heteroatoms. The Balaban J connectivity index is 1.94. The summed E-state index contributed by atoms with van der Waals surface area (Å²) in [5, 5.41) is 15.4. The van der Waals surface area contributed by atoms with Crippen molar-refractivity contribution in [2.24, 2.45) is 5.10 Å². The number of para-hydroxylation sites is 2. The van der Waals surface area contributed by atoms with Gasteiger partial charge in [-0.25, -0.2) is 9.37 Å². The number of phenols is 1. The number of fused-ring (bicyclic) bond motifs is 1. The average Bonchev–Trinajstić information content (AvgIpc) is 2.73. The van der Waals surface area contributed by atoms with Crippen molar-refractivity contribution in [2.75, 3.05) is 0 Å². The minimum absolute atomic E-state index is 0.0875. The molecule has 1 N–H and O–H groups in total. The molecule has 0 saturated carbocycles. The first-order valence-electron chi connectivity index (χ1n) is 9.91. The number of aromatic hydroxyl groups is 1. The van der Waals surface area contributed by atoms with Gasteiger partial charge >= 0.3 is 0 Å². The maximum absolute atomic E-state index is 14.6. The van der Waals surface area contributed by atoms with E-state index >= 15 is 0 Å². The molecule has 0 aliphatic rings. The van der Waals surface area contributed by atoms with Crippen LogP contribution in [-0.4, -0.2) is 21.0 Å². The second-order valence-corrected chi connectivity index (χ2v) is 8.29. The molecule has 0 radical (unpaired) electrons. The minimum atomic E-state index is -0.508. The van der Waals surface area contributed by atoms with E-state index in [-0.39, 0.29) is 22.6 Å². The number of hydrogen-bond acceptors (Lipinski definition) is 4. The maximum Gasteiger partial charge on any atom is 0.282 e. The van der Waals surface area contributed by atoms with Gasteiger partial charge in [0.1, 0.15) is 11.6 Å². The highest BCUT2D eigenvalue weighted by molar-refractivity contribution is 5.85. The number of halogens is 1. The predicted molar refractivity (Wildman–Crippen MR) is 121 cm³/mol. The van der Waals surface area contributed by atoms with Gasteiger partial charge in [-0.1, -0.05) is 57.2 Å². The summed E-state index contributed by atoms with van der Waals surface area (Å²) in [6.45, 7) is 5.99. The summed E-state index contributed by atoms with van der Waals surface area (Å²) < 4.78 is 15.6. The molecule has 156 valence electrons. The van der Waals surface area contributed by atoms with Crippen LogP contribution < -0.4 is 5.56 Å². The van der Waals surface area contributed by atoms with E-state index in [1.807, 2.05) is 32.9 Å². The van der Waals surface area contributed by atoms with E-state index in [1.54, 1.807) is 48.5 Å². The largest absolute Gasteiger partial charge is 0.507 e. The number of rotatable bonds is 3. The van der Waals surface area contributed by atoms with Crippen LogP contribution in [-0.2, 0) is 5.41 Å². The first-order chi connectivity index (χ1) is 14.8. The molecule has 0 saturated heterocycles. The summed E-state index contributed by atoms with van der Waals surface area (Å²) in [6.07, 6.45) is 1.40. The fourth-order valence-electron chi connectivity index (χ4n) is 3.44. The molecule has 0 aliphatic heterocycles. The third-order valence-corrected chi connectivity index (χ3v) is 5.06. The lowest BCUT2D eigenvalue weighted by atomic mass is 9.85. The number of benzene rings is 3. The fourth-order valence-corrected chi connectivity index (χ4v) is 3.44. The van der Waals surface area contributed by atoms with Gasteiger partial charge in [-0.2, -0.15) is 9.78 Å². The average molecular weight is 415 g/mol. The van der Waals surface area contributed by atoms with Crippen molar-refractivity contribution >= 4 is 17.1 Å². The first-order valence-corrected chi connectivity index (χ1v) is 9.91. The normalized spacial score (nSPS) is 12.0. The molecule has 0 atom stereocenters. The third kappa shape index (κ3) is 3.84. The van der Waals surface area contributed by atoms with Crippen molar-refractivity contribution < 1.29 is 9.50 Å². The van der Waals surface area contributed by atoms with E-state index in [4.69, 9.17) is 0 Å². The fraction of sp³-hybridized carbons (Fsp3) is 0.160. The van der Waals surface area contributed by atoms with Crippen LogP contribution in [0.25, 0.3) is 22.3 Å². The zero-order valence-corrected chi connectivity index (χ0v) is 17.5. The van der Waals surface area contributed by atoms with Crippen molar-refractivity contribution in [3.63, 3.8) is 0 Å². The molecule has 0 fully saturated rings. The number of hydrogen-bond donors (Lipinski definition) is 1. The molecule has 0 aliphatic carbocycles. The van der Waals surface area contributed by atoms with E-state index in [2.05, 4.69) is 10.1 Å². The maximum atomic E-state index is 14.6. The van der Waals surface area contributed by atoms with Gasteiger partial charge in [-0.05, 0) is 41.3 Å². The lowest BCUT2D eigenvalue weighted by Crippen LogP contribution is -2.20. The van der Waals surface area contributed by atoms with Crippen molar-refractivity contribution in [3.8, 4) is 17.1 Å². The van der Waals surface area contributed by atoms with Gasteiger partial charge in [0.2, 0.25) is 0 Å². The minimum Gasteiger partial charge on any atom is -0.507 e. The second-order valence-electron chi connectivity index (χ2n) is 8.29. The molecule has 4 aromatic rings. The van der Waals surface area contributed by atoms with Gasteiger partial charge in [-0.3, -0.25) is 4.79 Å². The lowest BCUT2D eigenvalue weighted by molar-refractivity contribution is 0.446. The smallest absolute Gasteiger partial charge is 0.282 e. The second kappa shape index (κ2) is 7.80. The molecule has 0 unspecified atom stereocenters. The van der Waals surface area contributed by atoms with E-state index in [0.29, 0.717) is 16.5 Å². The Morgan fingerprint density at radius 3 is 2.45 bits per heavy atom. The molecule has 0 amide bonds. The monoisotopic (exact) mass is 415 g/mol. The van der Waals surface area contributed by atoms with Crippen LogP contribution in [0.5, 0.6) is 5.75 Å². The lowest BCUT2D eigenvalue weighted by Gasteiger charge is -2.21. The van der Waals surface area contributed by atoms with Gasteiger partial charge < -0.3 is 5.11 Å². The molecule has 1 heterocycles. The summed E-state index contributed by atoms with van der Waals surface area (Å²) in [7, 11) is 0. The van der Waals surface area contributed by atoms with Crippen LogP contribution in [0.15, 0.2) is 76.6 Å². The SMILES string of the molecule is CC(C)(C)c1cccc(C=Nn2c(-c3ccccc3F)nc3ccccc3c2=O)c1O. The van der Waals surface area contributed by atoms with Crippen LogP contribution >= 0.6 is 0 Å². The molecule has 4 rings (SSSR count). The quantitative estimate of drug-likeness (QED) is 0.474. The van der Waals surface area contributed by atoms with Crippen LogP contribution in [0.4, 0.5) is 4.39 Å². The topological polar surface area (TPSA) is 67.5 Å². The zero-order valence-electron chi connectivity index (χ0n) is 17.5. The van der Waals surface area contributed by atoms with Crippen molar-refractivity contribution in [3.05, 3.63) is 94.0 Å². The van der Waals surface area contributed by atoms with Gasteiger partial charge in [0.15, 0.2) is 5.82 Å². The van der Waals surface area contributed by atoms with Gasteiger partial charge in [0.05, 0.1) is 22.7 Å². The summed E-state index contributed by atoms with van der Waals surface area (Å²) in [4.78, 5) is 17.7. The van der Waals surface area contributed by atoms with E-state index in [0.717, 1.165) is 10.2 Å².